The van der Waals surface area contributed by atoms with Crippen LogP contribution in [0, 0.1) is 5.82 Å². The van der Waals surface area contributed by atoms with E-state index in [1.165, 1.54) is 6.07 Å². The second kappa shape index (κ2) is 5.39. The van der Waals surface area contributed by atoms with E-state index in [2.05, 4.69) is 4.98 Å². The smallest absolute Gasteiger partial charge is 0.126 e. The zero-order chi connectivity index (χ0) is 13.9. The van der Waals surface area contributed by atoms with Gasteiger partial charge in [-0.3, -0.25) is 4.98 Å². The minimum Gasteiger partial charge on any atom is -0.388 e. The lowest BCUT2D eigenvalue weighted by atomic mass is 9.99. The molecular formula is C17H14FNO. The Labute approximate surface area is 116 Å². The van der Waals surface area contributed by atoms with Gasteiger partial charge in [0.05, 0.1) is 11.6 Å². The van der Waals surface area contributed by atoms with E-state index >= 15 is 0 Å². The van der Waals surface area contributed by atoms with Gasteiger partial charge in [0.15, 0.2) is 0 Å². The highest BCUT2D eigenvalue weighted by atomic mass is 19.1. The van der Waals surface area contributed by atoms with E-state index in [1.54, 1.807) is 24.4 Å². The molecule has 1 heterocycles. The molecular weight excluding hydrogens is 253 g/mol. The number of benzene rings is 2. The Morgan fingerprint density at radius 2 is 1.80 bits per heavy atom. The fourth-order valence-corrected chi connectivity index (χ4v) is 2.38. The molecule has 2 aromatic carbocycles. The van der Waals surface area contributed by atoms with Gasteiger partial charge in [0.25, 0.3) is 0 Å². The first-order valence-corrected chi connectivity index (χ1v) is 6.51. The molecule has 1 aromatic heterocycles. The van der Waals surface area contributed by atoms with Crippen molar-refractivity contribution >= 4 is 10.9 Å². The average molecular weight is 267 g/mol. The topological polar surface area (TPSA) is 33.1 Å². The maximum absolute atomic E-state index is 13.7. The zero-order valence-electron chi connectivity index (χ0n) is 10.8. The minimum atomic E-state index is -0.773. The van der Waals surface area contributed by atoms with Gasteiger partial charge in [-0.1, -0.05) is 42.5 Å². The Hall–Kier alpha value is -2.26. The van der Waals surface area contributed by atoms with Crippen LogP contribution in [0.25, 0.3) is 10.9 Å². The lowest BCUT2D eigenvalue weighted by Gasteiger charge is -2.13. The molecule has 3 aromatic rings. The molecule has 0 aliphatic carbocycles. The van der Waals surface area contributed by atoms with Crippen molar-refractivity contribution in [3.8, 4) is 0 Å². The molecule has 2 nitrogen and oxygen atoms in total. The van der Waals surface area contributed by atoms with Gasteiger partial charge in [-0.2, -0.15) is 0 Å². The third-order valence-corrected chi connectivity index (χ3v) is 3.39. The molecule has 3 heteroatoms. The Morgan fingerprint density at radius 3 is 2.65 bits per heavy atom. The fourth-order valence-electron chi connectivity index (χ4n) is 2.38. The van der Waals surface area contributed by atoms with Crippen LogP contribution >= 0.6 is 0 Å². The molecule has 0 spiro atoms. The standard InChI is InChI=1S/C17H14FNO/c18-15-9-2-1-5-13(15)11-16(20)14-8-3-6-12-7-4-10-19-17(12)14/h1-10,16,20H,11H2. The van der Waals surface area contributed by atoms with Gasteiger partial charge in [0.2, 0.25) is 0 Å². The summed E-state index contributed by atoms with van der Waals surface area (Å²) in [7, 11) is 0. The second-order valence-electron chi connectivity index (χ2n) is 4.73. The molecule has 1 unspecified atom stereocenters. The lowest BCUT2D eigenvalue weighted by Crippen LogP contribution is -2.04. The molecule has 0 bridgehead atoms. The summed E-state index contributed by atoms with van der Waals surface area (Å²) >= 11 is 0. The fraction of sp³-hybridized carbons (Fsp3) is 0.118. The van der Waals surface area contributed by atoms with E-state index in [0.717, 1.165) is 16.5 Å². The summed E-state index contributed by atoms with van der Waals surface area (Å²) in [6, 6.07) is 16.0. The molecule has 0 fully saturated rings. The largest absolute Gasteiger partial charge is 0.388 e. The van der Waals surface area contributed by atoms with Gasteiger partial charge in [0, 0.05) is 23.6 Å². The first kappa shape index (κ1) is 12.8. The summed E-state index contributed by atoms with van der Waals surface area (Å²) in [5.74, 6) is -0.292. The number of halogens is 1. The van der Waals surface area contributed by atoms with Crippen molar-refractivity contribution < 1.29 is 9.50 Å². The van der Waals surface area contributed by atoms with E-state index in [9.17, 15) is 9.50 Å². The van der Waals surface area contributed by atoms with E-state index < -0.39 is 6.10 Å². The maximum atomic E-state index is 13.7. The molecule has 0 amide bonds. The highest BCUT2D eigenvalue weighted by molar-refractivity contribution is 5.81. The highest BCUT2D eigenvalue weighted by Gasteiger charge is 2.14. The first-order chi connectivity index (χ1) is 9.75. The van der Waals surface area contributed by atoms with Crippen molar-refractivity contribution in [2.45, 2.75) is 12.5 Å². The maximum Gasteiger partial charge on any atom is 0.126 e. The molecule has 0 saturated carbocycles. The van der Waals surface area contributed by atoms with Crippen molar-refractivity contribution in [2.75, 3.05) is 0 Å². The van der Waals surface area contributed by atoms with Crippen LogP contribution in [-0.4, -0.2) is 10.1 Å². The van der Waals surface area contributed by atoms with Crippen LogP contribution in [0.15, 0.2) is 60.8 Å². The molecule has 3 rings (SSSR count). The lowest BCUT2D eigenvalue weighted by molar-refractivity contribution is 0.178. The number of aliphatic hydroxyl groups is 1. The number of aliphatic hydroxyl groups excluding tert-OH is 1. The number of rotatable bonds is 3. The molecule has 1 atom stereocenters. The predicted octanol–water partition coefficient (Wildman–Crippen LogP) is 3.65. The Balaban J connectivity index is 1.97. The van der Waals surface area contributed by atoms with Gasteiger partial charge >= 0.3 is 0 Å². The molecule has 100 valence electrons. The van der Waals surface area contributed by atoms with Crippen molar-refractivity contribution in [2.24, 2.45) is 0 Å². The number of hydrogen-bond acceptors (Lipinski definition) is 2. The Kier molecular flexibility index (Phi) is 3.44. The number of pyridine rings is 1. The Morgan fingerprint density at radius 1 is 1.00 bits per heavy atom. The number of aromatic nitrogens is 1. The molecule has 0 aliphatic rings. The van der Waals surface area contributed by atoms with Gasteiger partial charge in [-0.05, 0) is 17.7 Å². The number of nitrogens with zero attached hydrogens (tertiary/aromatic N) is 1. The summed E-state index contributed by atoms with van der Waals surface area (Å²) in [6.45, 7) is 0. The first-order valence-electron chi connectivity index (χ1n) is 6.51. The van der Waals surface area contributed by atoms with E-state index in [1.807, 2.05) is 30.3 Å². The van der Waals surface area contributed by atoms with E-state index in [-0.39, 0.29) is 12.2 Å². The minimum absolute atomic E-state index is 0.238. The van der Waals surface area contributed by atoms with Gasteiger partial charge in [-0.25, -0.2) is 4.39 Å². The summed E-state index contributed by atoms with van der Waals surface area (Å²) in [5, 5.41) is 11.4. The summed E-state index contributed by atoms with van der Waals surface area (Å²) < 4.78 is 13.7. The van der Waals surface area contributed by atoms with Crippen LogP contribution in [0.4, 0.5) is 4.39 Å². The van der Waals surface area contributed by atoms with Crippen LogP contribution in [0.2, 0.25) is 0 Å². The molecule has 20 heavy (non-hydrogen) atoms. The quantitative estimate of drug-likeness (QED) is 0.785. The van der Waals surface area contributed by atoms with Crippen LogP contribution in [0.1, 0.15) is 17.2 Å². The summed E-state index contributed by atoms with van der Waals surface area (Å²) in [5.41, 5.74) is 2.00. The van der Waals surface area contributed by atoms with Crippen LogP contribution in [0.5, 0.6) is 0 Å². The van der Waals surface area contributed by atoms with Gasteiger partial charge in [0.1, 0.15) is 5.82 Å². The predicted molar refractivity (Wildman–Crippen MR) is 76.8 cm³/mol. The monoisotopic (exact) mass is 267 g/mol. The number of hydrogen-bond donors (Lipinski definition) is 1. The van der Waals surface area contributed by atoms with Crippen molar-refractivity contribution in [1.82, 2.24) is 4.98 Å². The average Bonchev–Trinajstić information content (AvgIpc) is 2.49. The third-order valence-electron chi connectivity index (χ3n) is 3.39. The molecule has 1 N–H and O–H groups in total. The van der Waals surface area contributed by atoms with Crippen molar-refractivity contribution in [3.05, 3.63) is 77.7 Å². The number of fused-ring (bicyclic) bond motifs is 1. The Bertz CT molecular complexity index is 736. The van der Waals surface area contributed by atoms with E-state index in [4.69, 9.17) is 0 Å². The van der Waals surface area contributed by atoms with Crippen molar-refractivity contribution in [1.29, 1.82) is 0 Å². The normalized spacial score (nSPS) is 12.5. The van der Waals surface area contributed by atoms with E-state index in [0.29, 0.717) is 5.56 Å². The molecule has 0 radical (unpaired) electrons. The molecule has 0 aliphatic heterocycles. The van der Waals surface area contributed by atoms with Crippen LogP contribution in [-0.2, 0) is 6.42 Å². The third kappa shape index (κ3) is 2.40. The second-order valence-corrected chi connectivity index (χ2v) is 4.73. The summed E-state index contributed by atoms with van der Waals surface area (Å²) in [6.07, 6.45) is 1.16. The summed E-state index contributed by atoms with van der Waals surface area (Å²) in [4.78, 5) is 4.31. The SMILES string of the molecule is OC(Cc1ccccc1F)c1cccc2cccnc12. The number of para-hydroxylation sites is 1. The highest BCUT2D eigenvalue weighted by Crippen LogP contribution is 2.25. The van der Waals surface area contributed by atoms with Crippen molar-refractivity contribution in [3.63, 3.8) is 0 Å². The zero-order valence-corrected chi connectivity index (χ0v) is 10.8. The van der Waals surface area contributed by atoms with Gasteiger partial charge < -0.3 is 5.11 Å². The molecule has 0 saturated heterocycles. The van der Waals surface area contributed by atoms with Crippen LogP contribution in [0.3, 0.4) is 0 Å². The van der Waals surface area contributed by atoms with Crippen LogP contribution < -0.4 is 0 Å². The van der Waals surface area contributed by atoms with Gasteiger partial charge in [-0.15, -0.1) is 0 Å².